The van der Waals surface area contributed by atoms with Crippen LogP contribution in [-0.2, 0) is 24.3 Å². The van der Waals surface area contributed by atoms with Gasteiger partial charge in [0.1, 0.15) is 5.82 Å². The van der Waals surface area contributed by atoms with E-state index in [0.29, 0.717) is 6.42 Å². The number of carbonyl (C=O) groups excluding carboxylic acids is 2. The van der Waals surface area contributed by atoms with Crippen molar-refractivity contribution in [3.05, 3.63) is 59.9 Å². The number of nitrogens with zero attached hydrogens (tertiary/aromatic N) is 2. The van der Waals surface area contributed by atoms with Crippen molar-refractivity contribution < 1.29 is 22.7 Å². The van der Waals surface area contributed by atoms with Gasteiger partial charge >= 0.3 is 5.97 Å². The number of likely N-dealkylation sites (N-methyl/N-ethyl adjacent to an activating group) is 1. The number of benzene rings is 1. The number of amides is 1. The Morgan fingerprint density at radius 1 is 1.14 bits per heavy atom. The first-order valence-electron chi connectivity index (χ1n) is 8.62. The molecule has 1 amide bonds. The predicted molar refractivity (Wildman–Crippen MR) is 102 cm³/mol. The van der Waals surface area contributed by atoms with Gasteiger partial charge in [-0.3, -0.25) is 13.9 Å². The van der Waals surface area contributed by atoms with E-state index >= 15 is 0 Å². The van der Waals surface area contributed by atoms with Crippen molar-refractivity contribution in [2.75, 3.05) is 12.4 Å². The second-order valence-electron chi connectivity index (χ2n) is 6.04. The standard InChI is InChI=1S/C19H19N3O5S/c1-3-8-16(23)27-18-13-9-4-5-10-14(13)28(25,26)22(2)17(18)19(24)21-15-11-6-7-12-20-15/h4-7,9-12H,3,8H2,1-2H3,(H,20,21,24). The molecule has 1 aromatic heterocycles. The molecule has 2 heterocycles. The largest absolute Gasteiger partial charge is 0.423 e. The van der Waals surface area contributed by atoms with E-state index in [4.69, 9.17) is 4.74 Å². The monoisotopic (exact) mass is 401 g/mol. The Labute approximate surface area is 162 Å². The quantitative estimate of drug-likeness (QED) is 0.771. The number of hydrogen-bond acceptors (Lipinski definition) is 6. The topological polar surface area (TPSA) is 106 Å². The molecule has 146 valence electrons. The molecule has 1 N–H and O–H groups in total. The van der Waals surface area contributed by atoms with Crippen LogP contribution in [0.1, 0.15) is 25.3 Å². The summed E-state index contributed by atoms with van der Waals surface area (Å²) >= 11 is 0. The van der Waals surface area contributed by atoms with E-state index in [1.165, 1.54) is 25.4 Å². The number of nitrogens with one attached hydrogen (secondary N) is 1. The molecule has 8 nitrogen and oxygen atoms in total. The Bertz CT molecular complexity index is 1050. The minimum Gasteiger partial charge on any atom is -0.423 e. The third-order valence-corrected chi connectivity index (χ3v) is 5.91. The summed E-state index contributed by atoms with van der Waals surface area (Å²) in [5.41, 5.74) is -0.120. The number of ether oxygens (including phenoxy) is 1. The van der Waals surface area contributed by atoms with Gasteiger partial charge in [0, 0.05) is 25.2 Å². The molecular formula is C19H19N3O5S. The number of rotatable bonds is 5. The van der Waals surface area contributed by atoms with Crippen molar-refractivity contribution in [1.29, 1.82) is 0 Å². The minimum absolute atomic E-state index is 0.0359. The van der Waals surface area contributed by atoms with Crippen molar-refractivity contribution >= 4 is 33.5 Å². The SMILES string of the molecule is CCCC(=O)OC1=C(C(=O)Nc2ccccn2)N(C)S(=O)(=O)c2ccccc21. The van der Waals surface area contributed by atoms with Crippen LogP contribution in [0.2, 0.25) is 0 Å². The number of anilines is 1. The lowest BCUT2D eigenvalue weighted by molar-refractivity contribution is -0.136. The summed E-state index contributed by atoms with van der Waals surface area (Å²) in [6.07, 6.45) is 2.18. The molecule has 0 fully saturated rings. The molecule has 0 saturated heterocycles. The van der Waals surface area contributed by atoms with Crippen LogP contribution in [0, 0.1) is 0 Å². The van der Waals surface area contributed by atoms with Gasteiger partial charge in [0.2, 0.25) is 0 Å². The van der Waals surface area contributed by atoms with Gasteiger partial charge in [-0.1, -0.05) is 25.1 Å². The number of aromatic nitrogens is 1. The Hall–Kier alpha value is -3.20. The zero-order valence-corrected chi connectivity index (χ0v) is 16.2. The Morgan fingerprint density at radius 2 is 1.86 bits per heavy atom. The maximum Gasteiger partial charge on any atom is 0.311 e. The average molecular weight is 401 g/mol. The van der Waals surface area contributed by atoms with E-state index in [0.717, 1.165) is 4.31 Å². The Balaban J connectivity index is 2.15. The van der Waals surface area contributed by atoms with E-state index in [9.17, 15) is 18.0 Å². The van der Waals surface area contributed by atoms with Gasteiger partial charge in [0.05, 0.1) is 4.90 Å². The normalized spacial score (nSPS) is 15.0. The van der Waals surface area contributed by atoms with Crippen LogP contribution in [0.5, 0.6) is 0 Å². The Morgan fingerprint density at radius 3 is 2.54 bits per heavy atom. The van der Waals surface area contributed by atoms with Crippen LogP contribution < -0.4 is 5.32 Å². The molecule has 2 aromatic rings. The van der Waals surface area contributed by atoms with Gasteiger partial charge in [-0.15, -0.1) is 0 Å². The van der Waals surface area contributed by atoms with E-state index in [2.05, 4.69) is 10.3 Å². The summed E-state index contributed by atoms with van der Waals surface area (Å²) < 4.78 is 32.0. The van der Waals surface area contributed by atoms with Crippen molar-refractivity contribution in [3.63, 3.8) is 0 Å². The number of sulfonamides is 1. The maximum atomic E-state index is 12.9. The van der Waals surface area contributed by atoms with Gasteiger partial charge in [-0.05, 0) is 30.7 Å². The molecule has 0 radical (unpaired) electrons. The van der Waals surface area contributed by atoms with Crippen molar-refractivity contribution in [3.8, 4) is 0 Å². The lowest BCUT2D eigenvalue weighted by Gasteiger charge is -2.30. The van der Waals surface area contributed by atoms with Crippen LogP contribution >= 0.6 is 0 Å². The van der Waals surface area contributed by atoms with Crippen molar-refractivity contribution in [2.24, 2.45) is 0 Å². The molecule has 9 heteroatoms. The second kappa shape index (κ2) is 7.81. The van der Waals surface area contributed by atoms with Crippen LogP contribution in [0.25, 0.3) is 5.76 Å². The van der Waals surface area contributed by atoms with E-state index in [1.54, 1.807) is 30.3 Å². The van der Waals surface area contributed by atoms with Gasteiger partial charge < -0.3 is 10.1 Å². The fraction of sp³-hybridized carbons (Fsp3) is 0.211. The lowest BCUT2D eigenvalue weighted by atomic mass is 10.1. The molecule has 0 atom stereocenters. The fourth-order valence-corrected chi connectivity index (χ4v) is 4.14. The summed E-state index contributed by atoms with van der Waals surface area (Å²) in [7, 11) is -2.74. The molecule has 0 spiro atoms. The third kappa shape index (κ3) is 3.61. The number of fused-ring (bicyclic) bond motifs is 1. The number of carbonyl (C=O) groups is 2. The number of esters is 1. The highest BCUT2D eigenvalue weighted by molar-refractivity contribution is 7.89. The third-order valence-electron chi connectivity index (χ3n) is 4.09. The predicted octanol–water partition coefficient (Wildman–Crippen LogP) is 2.37. The lowest BCUT2D eigenvalue weighted by Crippen LogP contribution is -2.38. The molecule has 28 heavy (non-hydrogen) atoms. The molecular weight excluding hydrogens is 382 g/mol. The first-order valence-corrected chi connectivity index (χ1v) is 10.1. The highest BCUT2D eigenvalue weighted by Gasteiger charge is 2.39. The molecule has 0 saturated carbocycles. The molecule has 1 aliphatic heterocycles. The first-order chi connectivity index (χ1) is 13.4. The summed E-state index contributed by atoms with van der Waals surface area (Å²) in [4.78, 5) is 29.0. The van der Waals surface area contributed by atoms with Gasteiger partial charge in [0.25, 0.3) is 15.9 Å². The van der Waals surface area contributed by atoms with E-state index < -0.39 is 21.9 Å². The summed E-state index contributed by atoms with van der Waals surface area (Å²) in [6.45, 7) is 1.82. The number of hydrogen-bond donors (Lipinski definition) is 1. The molecule has 0 aliphatic carbocycles. The van der Waals surface area contributed by atoms with E-state index in [1.807, 2.05) is 6.92 Å². The smallest absolute Gasteiger partial charge is 0.311 e. The zero-order valence-electron chi connectivity index (χ0n) is 15.4. The second-order valence-corrected chi connectivity index (χ2v) is 7.98. The molecule has 1 aromatic carbocycles. The Kier molecular flexibility index (Phi) is 5.46. The molecule has 3 rings (SSSR count). The highest BCUT2D eigenvalue weighted by atomic mass is 32.2. The van der Waals surface area contributed by atoms with Gasteiger partial charge in [0.15, 0.2) is 11.5 Å². The van der Waals surface area contributed by atoms with Crippen molar-refractivity contribution in [1.82, 2.24) is 9.29 Å². The van der Waals surface area contributed by atoms with Crippen molar-refractivity contribution in [2.45, 2.75) is 24.7 Å². The average Bonchev–Trinajstić information content (AvgIpc) is 2.67. The highest BCUT2D eigenvalue weighted by Crippen LogP contribution is 2.37. The first kappa shape index (κ1) is 19.6. The summed E-state index contributed by atoms with van der Waals surface area (Å²) in [5.74, 6) is -1.16. The molecule has 0 bridgehead atoms. The zero-order chi connectivity index (χ0) is 20.3. The van der Waals surface area contributed by atoms with Gasteiger partial charge in [-0.2, -0.15) is 0 Å². The molecule has 1 aliphatic rings. The number of pyridine rings is 1. The van der Waals surface area contributed by atoms with Crippen LogP contribution in [-0.4, -0.2) is 36.6 Å². The summed E-state index contributed by atoms with van der Waals surface area (Å²) in [6, 6.07) is 11.0. The summed E-state index contributed by atoms with van der Waals surface area (Å²) in [5, 5.41) is 2.54. The van der Waals surface area contributed by atoms with Crippen LogP contribution in [0.3, 0.4) is 0 Å². The van der Waals surface area contributed by atoms with Crippen LogP contribution in [0.4, 0.5) is 5.82 Å². The van der Waals surface area contributed by atoms with Gasteiger partial charge in [-0.25, -0.2) is 13.4 Å². The van der Waals surface area contributed by atoms with Crippen LogP contribution in [0.15, 0.2) is 59.3 Å². The molecule has 0 unspecified atom stereocenters. The minimum atomic E-state index is -3.99. The fourth-order valence-electron chi connectivity index (χ4n) is 2.75. The van der Waals surface area contributed by atoms with E-state index in [-0.39, 0.29) is 34.2 Å². The maximum absolute atomic E-state index is 12.9.